The maximum absolute atomic E-state index is 6.74. The first-order valence-corrected chi connectivity index (χ1v) is 15.4. The molecule has 5 rings (SSSR count). The van der Waals surface area contributed by atoms with Gasteiger partial charge in [0.25, 0.3) is 0 Å². The van der Waals surface area contributed by atoms with Crippen LogP contribution in [0.5, 0.6) is 0 Å². The van der Waals surface area contributed by atoms with Gasteiger partial charge in [-0.15, -0.1) is 0 Å². The molecule has 41 heavy (non-hydrogen) atoms. The van der Waals surface area contributed by atoms with E-state index in [1.807, 2.05) is 58.0 Å². The zero-order chi connectivity index (χ0) is 30.4. The second kappa shape index (κ2) is 17.0. The van der Waals surface area contributed by atoms with Gasteiger partial charge in [0.15, 0.2) is 0 Å². The van der Waals surface area contributed by atoms with E-state index >= 15 is 0 Å². The van der Waals surface area contributed by atoms with Gasteiger partial charge in [-0.25, -0.2) is 0 Å². The minimum Gasteiger partial charge on any atom is -0.324 e. The molecule has 1 aliphatic rings. The smallest absolute Gasteiger partial charge is 0.0488 e. The van der Waals surface area contributed by atoms with Gasteiger partial charge in [-0.3, -0.25) is 0 Å². The minimum atomic E-state index is -0.262. The van der Waals surface area contributed by atoms with Gasteiger partial charge >= 0.3 is 0 Å². The number of hydrogen-bond acceptors (Lipinski definition) is 1. The number of halogens is 1. The summed E-state index contributed by atoms with van der Waals surface area (Å²) in [6.45, 7) is 18.1. The molecule has 0 heterocycles. The fourth-order valence-corrected chi connectivity index (χ4v) is 5.19. The summed E-state index contributed by atoms with van der Waals surface area (Å²) in [6, 6.07) is 38.8. The van der Waals surface area contributed by atoms with Gasteiger partial charge in [0.05, 0.1) is 0 Å². The van der Waals surface area contributed by atoms with Crippen LogP contribution in [-0.2, 0) is 5.41 Å². The highest BCUT2D eigenvalue weighted by molar-refractivity contribution is 6.31. The monoisotopic (exact) mass is 567 g/mol. The molecule has 2 unspecified atom stereocenters. The van der Waals surface area contributed by atoms with Crippen molar-refractivity contribution in [2.24, 2.45) is 11.7 Å². The summed E-state index contributed by atoms with van der Waals surface area (Å²) in [6.07, 6.45) is 2.66. The highest BCUT2D eigenvalue weighted by Gasteiger charge is 2.41. The summed E-state index contributed by atoms with van der Waals surface area (Å²) >= 11 is 6.74. The average Bonchev–Trinajstić information content (AvgIpc) is 3.83. The van der Waals surface area contributed by atoms with Crippen LogP contribution in [0.3, 0.4) is 0 Å². The molecule has 0 amide bonds. The highest BCUT2D eigenvalue weighted by atomic mass is 35.5. The third-order valence-corrected chi connectivity index (χ3v) is 7.86. The molecule has 1 aliphatic carbocycles. The molecule has 4 aromatic rings. The predicted octanol–water partition coefficient (Wildman–Crippen LogP) is 11.1. The molecule has 218 valence electrons. The molecule has 0 aliphatic heterocycles. The second-order valence-electron chi connectivity index (χ2n) is 11.0. The molecule has 0 saturated heterocycles. The average molecular weight is 568 g/mol. The Hall–Kier alpha value is -3.13. The number of hydrogen-bond donors (Lipinski definition) is 1. The van der Waals surface area contributed by atoms with Gasteiger partial charge in [0, 0.05) is 16.5 Å². The van der Waals surface area contributed by atoms with E-state index in [-0.39, 0.29) is 11.5 Å². The van der Waals surface area contributed by atoms with Crippen LogP contribution in [0.15, 0.2) is 121 Å². The van der Waals surface area contributed by atoms with E-state index in [0.29, 0.717) is 5.92 Å². The zero-order valence-corrected chi connectivity index (χ0v) is 27.0. The van der Waals surface area contributed by atoms with Gasteiger partial charge in [-0.1, -0.05) is 160 Å². The molecule has 2 N–H and O–H groups in total. The van der Waals surface area contributed by atoms with Crippen LogP contribution in [0, 0.1) is 12.8 Å². The molecule has 1 fully saturated rings. The van der Waals surface area contributed by atoms with Gasteiger partial charge < -0.3 is 5.73 Å². The van der Waals surface area contributed by atoms with Gasteiger partial charge in [0.1, 0.15) is 0 Å². The summed E-state index contributed by atoms with van der Waals surface area (Å²) in [5.41, 5.74) is 12.7. The molecule has 0 aromatic heterocycles. The number of aryl methyl sites for hydroxylation is 1. The van der Waals surface area contributed by atoms with Crippen molar-refractivity contribution in [3.8, 4) is 0 Å². The summed E-state index contributed by atoms with van der Waals surface area (Å²) in [5.74, 6) is 1.13. The van der Waals surface area contributed by atoms with Crippen LogP contribution in [0.1, 0.15) is 88.1 Å². The standard InChI is InChI=1S/C25H25Cl.C7H8.C5H11N.C2H6/c1-18(2)25(21-8-4-3-5-9-21,23-10-6-7-11-24(23)26)22-16-14-20(15-17-22)19-12-13-19;1-7-5-3-2-4-6-7;1-4(2)5(3)6;1-2/h3-11,14-19H,12-13H2,1-2H3;2-6H,1H3;5H,1,6H2,2-3H3;1-2H3. The van der Waals surface area contributed by atoms with Crippen molar-refractivity contribution in [3.05, 3.63) is 154 Å². The molecule has 0 bridgehead atoms. The van der Waals surface area contributed by atoms with Crippen molar-refractivity contribution in [1.82, 2.24) is 0 Å². The van der Waals surface area contributed by atoms with Gasteiger partial charge in [0.2, 0.25) is 0 Å². The van der Waals surface area contributed by atoms with E-state index in [4.69, 9.17) is 17.3 Å². The fourth-order valence-electron chi connectivity index (χ4n) is 4.91. The molecule has 0 spiro atoms. The maximum atomic E-state index is 6.74. The predicted molar refractivity (Wildman–Crippen MR) is 182 cm³/mol. The van der Waals surface area contributed by atoms with Gasteiger partial charge in [-0.2, -0.15) is 0 Å². The van der Waals surface area contributed by atoms with Crippen molar-refractivity contribution in [2.45, 2.75) is 78.7 Å². The molecular weight excluding hydrogens is 518 g/mol. The third kappa shape index (κ3) is 9.45. The molecule has 0 radical (unpaired) electrons. The maximum Gasteiger partial charge on any atom is 0.0488 e. The molecule has 4 aromatic carbocycles. The van der Waals surface area contributed by atoms with Crippen LogP contribution in [-0.4, -0.2) is 6.04 Å². The highest BCUT2D eigenvalue weighted by Crippen LogP contribution is 2.48. The van der Waals surface area contributed by atoms with E-state index in [9.17, 15) is 0 Å². The van der Waals surface area contributed by atoms with E-state index in [0.717, 1.165) is 16.5 Å². The van der Waals surface area contributed by atoms with E-state index < -0.39 is 0 Å². The first-order valence-electron chi connectivity index (χ1n) is 15.0. The summed E-state index contributed by atoms with van der Waals surface area (Å²) < 4.78 is 0. The SMILES string of the molecule is C=C(C)C(C)N.CC.CC(C)C(c1ccccc1)(c1ccc(C2CC2)cc1)c1ccccc1Cl.Cc1ccccc1. The Labute approximate surface area is 255 Å². The van der Waals surface area contributed by atoms with Gasteiger partial charge in [-0.05, 0) is 73.8 Å². The van der Waals surface area contributed by atoms with Crippen LogP contribution < -0.4 is 5.73 Å². The molecular formula is C39H50ClN. The Morgan fingerprint density at radius 3 is 1.59 bits per heavy atom. The normalized spacial score (nSPS) is 14.1. The molecule has 2 atom stereocenters. The number of nitrogens with two attached hydrogens (primary N) is 1. The van der Waals surface area contributed by atoms with Crippen molar-refractivity contribution in [2.75, 3.05) is 0 Å². The largest absolute Gasteiger partial charge is 0.324 e. The van der Waals surface area contributed by atoms with E-state index in [1.54, 1.807) is 0 Å². The molecule has 2 heteroatoms. The number of rotatable bonds is 6. The molecule has 1 saturated carbocycles. The lowest BCUT2D eigenvalue weighted by atomic mass is 9.63. The lowest BCUT2D eigenvalue weighted by molar-refractivity contribution is 0.438. The van der Waals surface area contributed by atoms with Crippen molar-refractivity contribution >= 4 is 11.6 Å². The fraction of sp³-hybridized carbons (Fsp3) is 0.333. The van der Waals surface area contributed by atoms with Crippen LogP contribution >= 0.6 is 11.6 Å². The zero-order valence-electron chi connectivity index (χ0n) is 26.2. The lowest BCUT2D eigenvalue weighted by Gasteiger charge is -2.40. The Morgan fingerprint density at radius 1 is 0.756 bits per heavy atom. The summed E-state index contributed by atoms with van der Waals surface area (Å²) in [7, 11) is 0. The number of benzene rings is 4. The second-order valence-corrected chi connectivity index (χ2v) is 11.4. The summed E-state index contributed by atoms with van der Waals surface area (Å²) in [5, 5.41) is 0.830. The Morgan fingerprint density at radius 2 is 1.20 bits per heavy atom. The van der Waals surface area contributed by atoms with Crippen LogP contribution in [0.4, 0.5) is 0 Å². The van der Waals surface area contributed by atoms with Crippen molar-refractivity contribution in [1.29, 1.82) is 0 Å². The minimum absolute atomic E-state index is 0.157. The van der Waals surface area contributed by atoms with Crippen LogP contribution in [0.2, 0.25) is 5.02 Å². The molecule has 1 nitrogen and oxygen atoms in total. The van der Waals surface area contributed by atoms with E-state index in [2.05, 4.69) is 106 Å². The van der Waals surface area contributed by atoms with Crippen LogP contribution in [0.25, 0.3) is 0 Å². The lowest BCUT2D eigenvalue weighted by Crippen LogP contribution is -2.35. The third-order valence-electron chi connectivity index (χ3n) is 7.53. The van der Waals surface area contributed by atoms with Crippen molar-refractivity contribution in [3.63, 3.8) is 0 Å². The first kappa shape index (κ1) is 34.1. The quantitative estimate of drug-likeness (QED) is 0.182. The first-order chi connectivity index (χ1) is 19.7. The Balaban J connectivity index is 0.000000323. The Kier molecular flexibility index (Phi) is 14.1. The Bertz CT molecular complexity index is 1290. The summed E-state index contributed by atoms with van der Waals surface area (Å²) in [4.78, 5) is 0. The topological polar surface area (TPSA) is 26.0 Å². The van der Waals surface area contributed by atoms with Crippen molar-refractivity contribution < 1.29 is 0 Å². The van der Waals surface area contributed by atoms with E-state index in [1.165, 1.54) is 40.7 Å².